The predicted molar refractivity (Wildman–Crippen MR) is 60.3 cm³/mol. The number of benzene rings is 2. The summed E-state index contributed by atoms with van der Waals surface area (Å²) in [4.78, 5) is 1.01. The van der Waals surface area contributed by atoms with Gasteiger partial charge in [0.2, 0.25) is 0 Å². The summed E-state index contributed by atoms with van der Waals surface area (Å²) in [7, 11) is 0. The maximum atomic E-state index is 5.85. The van der Waals surface area contributed by atoms with E-state index in [0.717, 1.165) is 26.9 Å². The van der Waals surface area contributed by atoms with Crippen LogP contribution in [0.25, 0.3) is 10.8 Å². The molecule has 0 fully saturated rings. The van der Waals surface area contributed by atoms with Gasteiger partial charge in [0.25, 0.3) is 0 Å². The molecule has 2 aromatic rings. The van der Waals surface area contributed by atoms with Crippen LogP contribution in [0.15, 0.2) is 35.2 Å². The van der Waals surface area contributed by atoms with E-state index in [4.69, 9.17) is 5.73 Å². The lowest BCUT2D eigenvalue weighted by Gasteiger charge is -2.05. The van der Waals surface area contributed by atoms with Crippen LogP contribution in [-0.2, 0) is 0 Å². The Hall–Kier alpha value is -1.15. The highest BCUT2D eigenvalue weighted by Gasteiger charge is 2.00. The first-order chi connectivity index (χ1) is 6.18. The van der Waals surface area contributed by atoms with Crippen molar-refractivity contribution in [2.24, 2.45) is 0 Å². The SMILES string of the molecule is Cc1cc2c(N)cccc2cc1S. The number of fused-ring (bicyclic) bond motifs is 1. The Morgan fingerprint density at radius 2 is 2.00 bits per heavy atom. The third kappa shape index (κ3) is 1.38. The summed E-state index contributed by atoms with van der Waals surface area (Å²) in [6.07, 6.45) is 0. The van der Waals surface area contributed by atoms with Crippen LogP contribution in [0.4, 0.5) is 5.69 Å². The van der Waals surface area contributed by atoms with E-state index in [1.807, 2.05) is 31.2 Å². The summed E-state index contributed by atoms with van der Waals surface area (Å²) >= 11 is 4.37. The topological polar surface area (TPSA) is 26.0 Å². The van der Waals surface area contributed by atoms with Crippen LogP contribution in [0.2, 0.25) is 0 Å². The molecule has 0 radical (unpaired) electrons. The van der Waals surface area contributed by atoms with Crippen LogP contribution in [0, 0.1) is 6.92 Å². The van der Waals surface area contributed by atoms with Crippen molar-refractivity contribution in [3.8, 4) is 0 Å². The van der Waals surface area contributed by atoms with E-state index in [1.165, 1.54) is 0 Å². The van der Waals surface area contributed by atoms with Crippen molar-refractivity contribution in [2.75, 3.05) is 5.73 Å². The fraction of sp³-hybridized carbons (Fsp3) is 0.0909. The highest BCUT2D eigenvalue weighted by molar-refractivity contribution is 7.80. The molecule has 0 unspecified atom stereocenters. The van der Waals surface area contributed by atoms with Gasteiger partial charge in [-0.1, -0.05) is 12.1 Å². The Kier molecular flexibility index (Phi) is 1.93. The van der Waals surface area contributed by atoms with Gasteiger partial charge in [-0.3, -0.25) is 0 Å². The molecule has 0 aromatic heterocycles. The standard InChI is InChI=1S/C11H11NS/c1-7-5-9-8(6-11(7)13)3-2-4-10(9)12/h2-6,13H,12H2,1H3. The third-order valence-electron chi connectivity index (χ3n) is 2.23. The van der Waals surface area contributed by atoms with Crippen molar-refractivity contribution in [3.63, 3.8) is 0 Å². The molecule has 0 atom stereocenters. The van der Waals surface area contributed by atoms with Gasteiger partial charge in [0.1, 0.15) is 0 Å². The maximum Gasteiger partial charge on any atom is 0.0393 e. The number of rotatable bonds is 0. The largest absolute Gasteiger partial charge is 0.398 e. The number of nitrogen functional groups attached to an aromatic ring is 1. The van der Waals surface area contributed by atoms with Crippen molar-refractivity contribution in [2.45, 2.75) is 11.8 Å². The number of hydrogen-bond donors (Lipinski definition) is 2. The molecule has 0 heterocycles. The quantitative estimate of drug-likeness (QED) is 0.483. The number of hydrogen-bond acceptors (Lipinski definition) is 2. The number of anilines is 1. The van der Waals surface area contributed by atoms with Gasteiger partial charge >= 0.3 is 0 Å². The van der Waals surface area contributed by atoms with Gasteiger partial charge in [-0.25, -0.2) is 0 Å². The van der Waals surface area contributed by atoms with E-state index in [2.05, 4.69) is 18.7 Å². The molecule has 13 heavy (non-hydrogen) atoms. The third-order valence-corrected chi connectivity index (χ3v) is 2.71. The minimum absolute atomic E-state index is 0.828. The molecule has 2 N–H and O–H groups in total. The van der Waals surface area contributed by atoms with E-state index in [1.54, 1.807) is 0 Å². The first-order valence-electron chi connectivity index (χ1n) is 4.16. The summed E-state index contributed by atoms with van der Waals surface area (Å²) in [5.74, 6) is 0. The molecule has 0 aliphatic heterocycles. The Bertz CT molecular complexity index is 463. The molecule has 2 heteroatoms. The average Bonchev–Trinajstić information content (AvgIpc) is 2.09. The number of thiol groups is 1. The molecular formula is C11H11NS. The van der Waals surface area contributed by atoms with Gasteiger partial charge in [0, 0.05) is 16.0 Å². The van der Waals surface area contributed by atoms with Crippen LogP contribution in [0.1, 0.15) is 5.56 Å². The second-order valence-electron chi connectivity index (χ2n) is 3.21. The lowest BCUT2D eigenvalue weighted by atomic mass is 10.1. The van der Waals surface area contributed by atoms with Crippen LogP contribution in [0.3, 0.4) is 0 Å². The van der Waals surface area contributed by atoms with Crippen LogP contribution < -0.4 is 5.73 Å². The zero-order valence-corrected chi connectivity index (χ0v) is 8.31. The minimum atomic E-state index is 0.828. The van der Waals surface area contributed by atoms with E-state index in [0.29, 0.717) is 0 Å². The summed E-state index contributed by atoms with van der Waals surface area (Å²) in [6, 6.07) is 10.0. The fourth-order valence-electron chi connectivity index (χ4n) is 1.45. The molecule has 1 nitrogen and oxygen atoms in total. The van der Waals surface area contributed by atoms with Crippen molar-refractivity contribution >= 4 is 29.1 Å². The molecule has 2 aromatic carbocycles. The van der Waals surface area contributed by atoms with Crippen LogP contribution in [0.5, 0.6) is 0 Å². The van der Waals surface area contributed by atoms with Gasteiger partial charge in [0.05, 0.1) is 0 Å². The van der Waals surface area contributed by atoms with Gasteiger partial charge in [0.15, 0.2) is 0 Å². The maximum absolute atomic E-state index is 5.85. The van der Waals surface area contributed by atoms with Crippen molar-refractivity contribution in [1.29, 1.82) is 0 Å². The summed E-state index contributed by atoms with van der Waals surface area (Å²) in [6.45, 7) is 2.04. The zero-order valence-electron chi connectivity index (χ0n) is 7.41. The summed E-state index contributed by atoms with van der Waals surface area (Å²) in [5, 5.41) is 2.26. The fourth-order valence-corrected chi connectivity index (χ4v) is 1.65. The van der Waals surface area contributed by atoms with Crippen molar-refractivity contribution in [1.82, 2.24) is 0 Å². The Labute approximate surface area is 83.0 Å². The van der Waals surface area contributed by atoms with E-state index in [9.17, 15) is 0 Å². The van der Waals surface area contributed by atoms with Gasteiger partial charge in [-0.15, -0.1) is 12.6 Å². The van der Waals surface area contributed by atoms with E-state index >= 15 is 0 Å². The second kappa shape index (κ2) is 2.96. The Morgan fingerprint density at radius 3 is 2.77 bits per heavy atom. The highest BCUT2D eigenvalue weighted by Crippen LogP contribution is 2.25. The monoisotopic (exact) mass is 189 g/mol. The molecule has 66 valence electrons. The normalized spacial score (nSPS) is 10.6. The minimum Gasteiger partial charge on any atom is -0.398 e. The Morgan fingerprint density at radius 1 is 1.23 bits per heavy atom. The number of aryl methyl sites for hydroxylation is 1. The molecule has 0 amide bonds. The van der Waals surface area contributed by atoms with Gasteiger partial charge in [-0.2, -0.15) is 0 Å². The molecule has 0 saturated heterocycles. The van der Waals surface area contributed by atoms with Gasteiger partial charge < -0.3 is 5.73 Å². The van der Waals surface area contributed by atoms with Crippen molar-refractivity contribution < 1.29 is 0 Å². The van der Waals surface area contributed by atoms with Gasteiger partial charge in [-0.05, 0) is 36.1 Å². The molecular weight excluding hydrogens is 178 g/mol. The first kappa shape index (κ1) is 8.45. The zero-order chi connectivity index (χ0) is 9.42. The molecule has 0 aliphatic rings. The molecule has 0 aliphatic carbocycles. The number of nitrogens with two attached hydrogens (primary N) is 1. The smallest absolute Gasteiger partial charge is 0.0393 e. The second-order valence-corrected chi connectivity index (χ2v) is 3.69. The highest BCUT2D eigenvalue weighted by atomic mass is 32.1. The lowest BCUT2D eigenvalue weighted by Crippen LogP contribution is -1.87. The average molecular weight is 189 g/mol. The van der Waals surface area contributed by atoms with E-state index in [-0.39, 0.29) is 0 Å². The molecule has 0 saturated carbocycles. The molecule has 0 bridgehead atoms. The van der Waals surface area contributed by atoms with E-state index < -0.39 is 0 Å². The summed E-state index contributed by atoms with van der Waals surface area (Å²) in [5.41, 5.74) is 7.84. The first-order valence-corrected chi connectivity index (χ1v) is 4.61. The molecule has 0 spiro atoms. The van der Waals surface area contributed by atoms with Crippen molar-refractivity contribution in [3.05, 3.63) is 35.9 Å². The van der Waals surface area contributed by atoms with Crippen LogP contribution in [-0.4, -0.2) is 0 Å². The lowest BCUT2D eigenvalue weighted by molar-refractivity contribution is 1.34. The summed E-state index contributed by atoms with van der Waals surface area (Å²) < 4.78 is 0. The predicted octanol–water partition coefficient (Wildman–Crippen LogP) is 3.02. The molecule has 2 rings (SSSR count). The van der Waals surface area contributed by atoms with Crippen LogP contribution >= 0.6 is 12.6 Å². The Balaban J connectivity index is 2.89.